The Hall–Kier alpha value is -3.28. The second kappa shape index (κ2) is 7.95. The van der Waals surface area contributed by atoms with Crippen molar-refractivity contribution in [2.24, 2.45) is 0 Å². The van der Waals surface area contributed by atoms with Gasteiger partial charge in [-0.3, -0.25) is 4.79 Å². The molecule has 27 heavy (non-hydrogen) atoms. The number of rotatable bonds is 5. The van der Waals surface area contributed by atoms with Gasteiger partial charge in [-0.1, -0.05) is 60.7 Å². The largest absolute Gasteiger partial charge is 0.573 e. The second-order valence-corrected chi connectivity index (χ2v) is 5.80. The van der Waals surface area contributed by atoms with Crippen molar-refractivity contribution in [3.8, 4) is 5.75 Å². The molecule has 0 unspecified atom stereocenters. The van der Waals surface area contributed by atoms with E-state index in [0.717, 1.165) is 23.3 Å². The van der Waals surface area contributed by atoms with Gasteiger partial charge in [0.2, 0.25) is 0 Å². The zero-order valence-corrected chi connectivity index (χ0v) is 14.1. The molecule has 3 rings (SSSR count). The van der Waals surface area contributed by atoms with Crippen LogP contribution in [0.1, 0.15) is 27.5 Å². The van der Waals surface area contributed by atoms with E-state index in [2.05, 4.69) is 10.1 Å². The minimum atomic E-state index is -4.77. The number of halogens is 3. The Kier molecular flexibility index (Phi) is 5.45. The molecule has 0 aliphatic rings. The van der Waals surface area contributed by atoms with Gasteiger partial charge < -0.3 is 10.1 Å². The summed E-state index contributed by atoms with van der Waals surface area (Å²) >= 11 is 0. The number of hydrogen-bond donors (Lipinski definition) is 1. The summed E-state index contributed by atoms with van der Waals surface area (Å²) in [7, 11) is 0. The summed E-state index contributed by atoms with van der Waals surface area (Å²) < 4.78 is 40.6. The first-order chi connectivity index (χ1) is 12.9. The van der Waals surface area contributed by atoms with Crippen LogP contribution in [-0.4, -0.2) is 12.3 Å². The van der Waals surface area contributed by atoms with Crippen LogP contribution in [-0.2, 0) is 0 Å². The van der Waals surface area contributed by atoms with E-state index < -0.39 is 12.3 Å². The van der Waals surface area contributed by atoms with E-state index in [4.69, 9.17) is 0 Å². The fourth-order valence-electron chi connectivity index (χ4n) is 2.67. The quantitative estimate of drug-likeness (QED) is 0.677. The molecule has 0 saturated heterocycles. The maximum atomic E-state index is 12.6. The lowest BCUT2D eigenvalue weighted by atomic mass is 9.98. The first-order valence-corrected chi connectivity index (χ1v) is 8.19. The van der Waals surface area contributed by atoms with Crippen molar-refractivity contribution < 1.29 is 22.7 Å². The Labute approximate surface area is 154 Å². The van der Waals surface area contributed by atoms with Crippen LogP contribution >= 0.6 is 0 Å². The number of carbonyl (C=O) groups excluding carboxylic acids is 1. The zero-order valence-electron chi connectivity index (χ0n) is 14.1. The monoisotopic (exact) mass is 371 g/mol. The average Bonchev–Trinajstić information content (AvgIpc) is 2.66. The third-order valence-corrected chi connectivity index (χ3v) is 3.89. The van der Waals surface area contributed by atoms with Gasteiger partial charge in [-0.05, 0) is 35.4 Å². The minimum absolute atomic E-state index is 0.237. The molecular formula is C21H16F3NO2. The summed E-state index contributed by atoms with van der Waals surface area (Å²) in [6.45, 7) is 0. The van der Waals surface area contributed by atoms with Crippen LogP contribution in [0.25, 0.3) is 0 Å². The standard InChI is InChI=1S/C21H16F3NO2/c22-21(23,24)27-18-13-11-17(12-14-18)20(26)25-19(15-7-3-1-4-8-15)16-9-5-2-6-10-16/h1-14,19H,(H,25,26). The van der Waals surface area contributed by atoms with Crippen molar-refractivity contribution >= 4 is 5.91 Å². The van der Waals surface area contributed by atoms with Gasteiger partial charge >= 0.3 is 6.36 Å². The van der Waals surface area contributed by atoms with Gasteiger partial charge in [-0.25, -0.2) is 0 Å². The molecule has 1 N–H and O–H groups in total. The van der Waals surface area contributed by atoms with Crippen LogP contribution in [0.15, 0.2) is 84.9 Å². The summed E-state index contributed by atoms with van der Waals surface area (Å²) in [5, 5.41) is 2.93. The lowest BCUT2D eigenvalue weighted by Crippen LogP contribution is -2.29. The third-order valence-electron chi connectivity index (χ3n) is 3.89. The van der Waals surface area contributed by atoms with E-state index in [0.29, 0.717) is 0 Å². The molecule has 0 fully saturated rings. The molecule has 1 amide bonds. The Morgan fingerprint density at radius 3 is 1.70 bits per heavy atom. The Bertz CT molecular complexity index is 839. The van der Waals surface area contributed by atoms with Crippen LogP contribution < -0.4 is 10.1 Å². The molecule has 0 spiro atoms. The smallest absolute Gasteiger partial charge is 0.406 e. The molecule has 6 heteroatoms. The zero-order chi connectivity index (χ0) is 19.3. The molecule has 0 heterocycles. The van der Waals surface area contributed by atoms with E-state index in [1.807, 2.05) is 60.7 Å². The van der Waals surface area contributed by atoms with Crippen molar-refractivity contribution in [1.82, 2.24) is 5.32 Å². The Balaban J connectivity index is 1.81. The molecule has 3 nitrogen and oxygen atoms in total. The number of alkyl halides is 3. The maximum absolute atomic E-state index is 12.6. The summed E-state index contributed by atoms with van der Waals surface area (Å²) in [4.78, 5) is 12.6. The lowest BCUT2D eigenvalue weighted by molar-refractivity contribution is -0.274. The number of carbonyl (C=O) groups is 1. The van der Waals surface area contributed by atoms with E-state index in [1.165, 1.54) is 12.1 Å². The first-order valence-electron chi connectivity index (χ1n) is 8.19. The SMILES string of the molecule is O=C(NC(c1ccccc1)c1ccccc1)c1ccc(OC(F)(F)F)cc1. The topological polar surface area (TPSA) is 38.3 Å². The van der Waals surface area contributed by atoms with Crippen molar-refractivity contribution in [2.45, 2.75) is 12.4 Å². The van der Waals surface area contributed by atoms with Gasteiger partial charge in [0.1, 0.15) is 5.75 Å². The third kappa shape index (κ3) is 5.10. The highest BCUT2D eigenvalue weighted by Gasteiger charge is 2.31. The molecule has 138 valence electrons. The molecule has 0 aliphatic carbocycles. The molecule has 3 aromatic carbocycles. The molecule has 0 atom stereocenters. The van der Waals surface area contributed by atoms with E-state index >= 15 is 0 Å². The number of ether oxygens (including phenoxy) is 1. The predicted molar refractivity (Wildman–Crippen MR) is 95.3 cm³/mol. The van der Waals surface area contributed by atoms with Crippen molar-refractivity contribution in [2.75, 3.05) is 0 Å². The summed E-state index contributed by atoms with van der Waals surface area (Å²) in [5.74, 6) is -0.770. The van der Waals surface area contributed by atoms with Crippen molar-refractivity contribution in [3.63, 3.8) is 0 Å². The lowest BCUT2D eigenvalue weighted by Gasteiger charge is -2.20. The summed E-state index contributed by atoms with van der Waals surface area (Å²) in [6.07, 6.45) is -4.77. The van der Waals surface area contributed by atoms with Crippen LogP contribution in [0, 0.1) is 0 Å². The van der Waals surface area contributed by atoms with Gasteiger partial charge in [-0.2, -0.15) is 0 Å². The molecule has 0 bridgehead atoms. The van der Waals surface area contributed by atoms with Gasteiger partial charge in [-0.15, -0.1) is 13.2 Å². The summed E-state index contributed by atoms with van der Waals surface area (Å²) in [6, 6.07) is 23.3. The molecule has 0 aliphatic heterocycles. The highest BCUT2D eigenvalue weighted by Crippen LogP contribution is 2.24. The highest BCUT2D eigenvalue weighted by atomic mass is 19.4. The number of nitrogens with one attached hydrogen (secondary N) is 1. The molecule has 0 radical (unpaired) electrons. The first kappa shape index (κ1) is 18.5. The van der Waals surface area contributed by atoms with Crippen molar-refractivity contribution in [1.29, 1.82) is 0 Å². The van der Waals surface area contributed by atoms with Gasteiger partial charge in [0.25, 0.3) is 5.91 Å². The Morgan fingerprint density at radius 1 is 0.778 bits per heavy atom. The minimum Gasteiger partial charge on any atom is -0.406 e. The van der Waals surface area contributed by atoms with Crippen LogP contribution in [0.4, 0.5) is 13.2 Å². The van der Waals surface area contributed by atoms with E-state index in [9.17, 15) is 18.0 Å². The number of hydrogen-bond acceptors (Lipinski definition) is 2. The van der Waals surface area contributed by atoms with Crippen LogP contribution in [0.2, 0.25) is 0 Å². The molecular weight excluding hydrogens is 355 g/mol. The summed E-state index contributed by atoms with van der Waals surface area (Å²) in [5.41, 5.74) is 2.03. The fraction of sp³-hybridized carbons (Fsp3) is 0.0952. The molecule has 0 saturated carbocycles. The molecule has 0 aromatic heterocycles. The van der Waals surface area contributed by atoms with Gasteiger partial charge in [0, 0.05) is 5.56 Å². The second-order valence-electron chi connectivity index (χ2n) is 5.80. The van der Waals surface area contributed by atoms with E-state index in [1.54, 1.807) is 0 Å². The van der Waals surface area contributed by atoms with Crippen LogP contribution in [0.3, 0.4) is 0 Å². The number of benzene rings is 3. The fourth-order valence-corrected chi connectivity index (χ4v) is 2.67. The van der Waals surface area contributed by atoms with Crippen molar-refractivity contribution in [3.05, 3.63) is 102 Å². The van der Waals surface area contributed by atoms with Crippen LogP contribution in [0.5, 0.6) is 5.75 Å². The Morgan fingerprint density at radius 2 is 1.26 bits per heavy atom. The normalized spacial score (nSPS) is 11.3. The van der Waals surface area contributed by atoms with Gasteiger partial charge in [0.15, 0.2) is 0 Å². The highest BCUT2D eigenvalue weighted by molar-refractivity contribution is 5.94. The predicted octanol–water partition coefficient (Wildman–Crippen LogP) is 5.10. The molecule has 3 aromatic rings. The van der Waals surface area contributed by atoms with Gasteiger partial charge in [0.05, 0.1) is 6.04 Å². The number of amides is 1. The van der Waals surface area contributed by atoms with E-state index in [-0.39, 0.29) is 17.4 Å². The average molecular weight is 371 g/mol. The maximum Gasteiger partial charge on any atom is 0.573 e.